The zero-order valence-electron chi connectivity index (χ0n) is 22.0. The van der Waals surface area contributed by atoms with Crippen LogP contribution in [-0.4, -0.2) is 24.0 Å². The van der Waals surface area contributed by atoms with Gasteiger partial charge in [0.15, 0.2) is 0 Å². The second-order valence-corrected chi connectivity index (χ2v) is 9.33. The molecule has 0 atom stereocenters. The molecule has 0 fully saturated rings. The summed E-state index contributed by atoms with van der Waals surface area (Å²) in [5.41, 5.74) is 4.98. The molecule has 4 aromatic rings. The second-order valence-electron chi connectivity index (χ2n) is 9.33. The number of hydrogen-bond acceptors (Lipinski definition) is 3. The van der Waals surface area contributed by atoms with Crippen molar-refractivity contribution in [2.75, 3.05) is 13.2 Å². The molecule has 0 saturated heterocycles. The van der Waals surface area contributed by atoms with E-state index in [0.29, 0.717) is 11.3 Å². The molecule has 37 heavy (non-hydrogen) atoms. The van der Waals surface area contributed by atoms with Gasteiger partial charge < -0.3 is 14.5 Å². The smallest absolute Gasteiger partial charge is 0.209 e. The summed E-state index contributed by atoms with van der Waals surface area (Å²) in [5, 5.41) is 0. The molecule has 1 N–H and O–H groups in total. The Labute approximate surface area is 220 Å². The number of ether oxygens (including phenoxy) is 2. The number of H-pyrrole nitrogens is 1. The Hall–Kier alpha value is -3.79. The van der Waals surface area contributed by atoms with Crippen molar-refractivity contribution in [3.05, 3.63) is 96.2 Å². The summed E-state index contributed by atoms with van der Waals surface area (Å²) >= 11 is 0. The number of aromatic nitrogens is 1. The molecule has 0 amide bonds. The molecule has 4 rings (SSSR count). The van der Waals surface area contributed by atoms with E-state index in [0.717, 1.165) is 59.9 Å². The van der Waals surface area contributed by atoms with Crippen molar-refractivity contribution in [1.29, 1.82) is 0 Å². The van der Waals surface area contributed by atoms with E-state index in [9.17, 15) is 4.79 Å². The SMILES string of the molecule is CCCCCOc1ccc(-c2cc(-c3ccc(OCCCCC)cc3)c(C(=O)c3ccccc3)[nH]2)cc1. The van der Waals surface area contributed by atoms with Crippen LogP contribution >= 0.6 is 0 Å². The molecule has 0 spiro atoms. The van der Waals surface area contributed by atoms with E-state index in [-0.39, 0.29) is 5.78 Å². The molecule has 192 valence electrons. The first-order valence-corrected chi connectivity index (χ1v) is 13.5. The molecule has 4 nitrogen and oxygen atoms in total. The monoisotopic (exact) mass is 495 g/mol. The average molecular weight is 496 g/mol. The molecule has 0 bridgehead atoms. The summed E-state index contributed by atoms with van der Waals surface area (Å²) < 4.78 is 11.8. The van der Waals surface area contributed by atoms with E-state index in [2.05, 4.69) is 24.9 Å². The average Bonchev–Trinajstić information content (AvgIpc) is 3.40. The Kier molecular flexibility index (Phi) is 9.59. The van der Waals surface area contributed by atoms with Crippen molar-refractivity contribution in [2.45, 2.75) is 52.4 Å². The van der Waals surface area contributed by atoms with E-state index in [1.54, 1.807) is 0 Å². The molecule has 0 unspecified atom stereocenters. The number of benzene rings is 3. The molecule has 4 heteroatoms. The first-order chi connectivity index (χ1) is 18.2. The number of rotatable bonds is 14. The lowest BCUT2D eigenvalue weighted by Crippen LogP contribution is -2.03. The third kappa shape index (κ3) is 7.13. The van der Waals surface area contributed by atoms with Gasteiger partial charge in [0, 0.05) is 16.8 Å². The second kappa shape index (κ2) is 13.5. The van der Waals surface area contributed by atoms with Gasteiger partial charge in [-0.1, -0.05) is 82.0 Å². The van der Waals surface area contributed by atoms with Gasteiger partial charge in [0.2, 0.25) is 5.78 Å². The first-order valence-electron chi connectivity index (χ1n) is 13.5. The predicted octanol–water partition coefficient (Wildman–Crippen LogP) is 8.72. The first kappa shape index (κ1) is 26.3. The molecule has 0 radical (unpaired) electrons. The zero-order chi connectivity index (χ0) is 25.9. The number of ketones is 1. The van der Waals surface area contributed by atoms with E-state index in [4.69, 9.17) is 9.47 Å². The minimum Gasteiger partial charge on any atom is -0.494 e. The zero-order valence-corrected chi connectivity index (χ0v) is 22.0. The third-order valence-electron chi connectivity index (χ3n) is 6.44. The lowest BCUT2D eigenvalue weighted by atomic mass is 10.00. The van der Waals surface area contributed by atoms with Gasteiger partial charge in [-0.2, -0.15) is 0 Å². The third-order valence-corrected chi connectivity index (χ3v) is 6.44. The number of carbonyl (C=O) groups is 1. The molecule has 1 heterocycles. The van der Waals surface area contributed by atoms with Crippen molar-refractivity contribution in [2.24, 2.45) is 0 Å². The van der Waals surface area contributed by atoms with Crippen LogP contribution in [0.5, 0.6) is 11.5 Å². The Bertz CT molecular complexity index is 1240. The lowest BCUT2D eigenvalue weighted by molar-refractivity contribution is 0.103. The maximum Gasteiger partial charge on any atom is 0.209 e. The van der Waals surface area contributed by atoms with Crippen molar-refractivity contribution >= 4 is 5.78 Å². The Morgan fingerprint density at radius 3 is 1.76 bits per heavy atom. The Morgan fingerprint density at radius 1 is 0.676 bits per heavy atom. The van der Waals surface area contributed by atoms with Crippen LogP contribution in [0, 0.1) is 0 Å². The molecular weight excluding hydrogens is 458 g/mol. The van der Waals surface area contributed by atoms with Crippen molar-refractivity contribution in [3.8, 4) is 33.9 Å². The van der Waals surface area contributed by atoms with Gasteiger partial charge in [0.05, 0.1) is 18.9 Å². The predicted molar refractivity (Wildman–Crippen MR) is 152 cm³/mol. The van der Waals surface area contributed by atoms with Gasteiger partial charge in [-0.05, 0) is 66.4 Å². The van der Waals surface area contributed by atoms with Crippen LogP contribution in [0.15, 0.2) is 84.9 Å². The van der Waals surface area contributed by atoms with Crippen LogP contribution in [-0.2, 0) is 0 Å². The minimum absolute atomic E-state index is 0.0300. The quantitative estimate of drug-likeness (QED) is 0.141. The Morgan fingerprint density at radius 2 is 1.22 bits per heavy atom. The largest absolute Gasteiger partial charge is 0.494 e. The number of aromatic amines is 1. The number of unbranched alkanes of at least 4 members (excludes halogenated alkanes) is 4. The van der Waals surface area contributed by atoms with E-state index in [1.165, 1.54) is 25.7 Å². The number of carbonyl (C=O) groups excluding carboxylic acids is 1. The molecular formula is C33H37NO3. The van der Waals surface area contributed by atoms with Gasteiger partial charge in [-0.15, -0.1) is 0 Å². The lowest BCUT2D eigenvalue weighted by Gasteiger charge is -2.08. The molecule has 0 saturated carbocycles. The highest BCUT2D eigenvalue weighted by Gasteiger charge is 2.19. The van der Waals surface area contributed by atoms with E-state index in [1.807, 2.05) is 78.9 Å². The Balaban J connectivity index is 1.59. The van der Waals surface area contributed by atoms with Crippen LogP contribution in [0.3, 0.4) is 0 Å². The standard InChI is InChI=1S/C33H37NO3/c1-3-5-10-22-36-28-18-14-25(15-19-28)30-24-31(34-32(30)33(35)27-12-8-7-9-13-27)26-16-20-29(21-17-26)37-23-11-6-4-2/h7-9,12-21,24,34H,3-6,10-11,22-23H2,1-2H3. The van der Waals surface area contributed by atoms with Gasteiger partial charge in [0.25, 0.3) is 0 Å². The summed E-state index contributed by atoms with van der Waals surface area (Å²) in [6.45, 7) is 5.82. The maximum atomic E-state index is 13.5. The number of hydrogen-bond donors (Lipinski definition) is 1. The topological polar surface area (TPSA) is 51.3 Å². The molecule has 0 aliphatic heterocycles. The summed E-state index contributed by atoms with van der Waals surface area (Å²) in [6.07, 6.45) is 6.80. The van der Waals surface area contributed by atoms with Crippen LogP contribution in [0.25, 0.3) is 22.4 Å². The molecule has 3 aromatic carbocycles. The fraction of sp³-hybridized carbons (Fsp3) is 0.303. The van der Waals surface area contributed by atoms with Crippen LogP contribution in [0.4, 0.5) is 0 Å². The fourth-order valence-electron chi connectivity index (χ4n) is 4.30. The summed E-state index contributed by atoms with van der Waals surface area (Å²) in [4.78, 5) is 16.9. The molecule has 0 aliphatic rings. The van der Waals surface area contributed by atoms with Gasteiger partial charge >= 0.3 is 0 Å². The van der Waals surface area contributed by atoms with Gasteiger partial charge in [-0.25, -0.2) is 0 Å². The highest BCUT2D eigenvalue weighted by molar-refractivity contribution is 6.12. The van der Waals surface area contributed by atoms with Crippen LogP contribution < -0.4 is 9.47 Å². The fourth-order valence-corrected chi connectivity index (χ4v) is 4.30. The minimum atomic E-state index is -0.0300. The summed E-state index contributed by atoms with van der Waals surface area (Å²) in [6, 6.07) is 27.5. The van der Waals surface area contributed by atoms with Gasteiger partial charge in [-0.3, -0.25) is 4.79 Å². The van der Waals surface area contributed by atoms with Gasteiger partial charge in [0.1, 0.15) is 11.5 Å². The van der Waals surface area contributed by atoms with Crippen LogP contribution in [0.1, 0.15) is 68.4 Å². The van der Waals surface area contributed by atoms with E-state index < -0.39 is 0 Å². The maximum absolute atomic E-state index is 13.5. The van der Waals surface area contributed by atoms with E-state index >= 15 is 0 Å². The van der Waals surface area contributed by atoms with Crippen LogP contribution in [0.2, 0.25) is 0 Å². The van der Waals surface area contributed by atoms with Crippen molar-refractivity contribution in [3.63, 3.8) is 0 Å². The molecule has 0 aliphatic carbocycles. The van der Waals surface area contributed by atoms with Crippen molar-refractivity contribution in [1.82, 2.24) is 4.98 Å². The molecule has 1 aromatic heterocycles. The summed E-state index contributed by atoms with van der Waals surface area (Å²) in [5.74, 6) is 1.68. The highest BCUT2D eigenvalue weighted by Crippen LogP contribution is 2.33. The normalized spacial score (nSPS) is 10.9. The summed E-state index contributed by atoms with van der Waals surface area (Å²) in [7, 11) is 0. The number of nitrogens with one attached hydrogen (secondary N) is 1. The van der Waals surface area contributed by atoms with Crippen molar-refractivity contribution < 1.29 is 14.3 Å². The highest BCUT2D eigenvalue weighted by atomic mass is 16.5.